The number of aromatic nitrogens is 2. The second-order valence-corrected chi connectivity index (χ2v) is 4.17. The maximum Gasteiger partial charge on any atom is 0.204 e. The first-order valence-electron chi connectivity index (χ1n) is 4.73. The highest BCUT2D eigenvalue weighted by Crippen LogP contribution is 2.24. The summed E-state index contributed by atoms with van der Waals surface area (Å²) in [5.74, 6) is 0. The fraction of sp³-hybridized carbons (Fsp3) is 0.364. The van der Waals surface area contributed by atoms with Gasteiger partial charge in [0.15, 0.2) is 0 Å². The van der Waals surface area contributed by atoms with Crippen LogP contribution in [-0.2, 0) is 0 Å². The summed E-state index contributed by atoms with van der Waals surface area (Å²) in [6.45, 7) is 6.27. The summed E-state index contributed by atoms with van der Waals surface area (Å²) >= 11 is 6.07. The lowest BCUT2D eigenvalue weighted by Crippen LogP contribution is -1.99. The molecule has 14 heavy (non-hydrogen) atoms. The molecule has 0 fully saturated rings. The summed E-state index contributed by atoms with van der Waals surface area (Å²) in [5.41, 5.74) is 3.29. The lowest BCUT2D eigenvalue weighted by molar-refractivity contribution is 0.618. The zero-order chi connectivity index (χ0) is 10.3. The summed E-state index contributed by atoms with van der Waals surface area (Å²) in [6, 6.07) is 6.55. The second kappa shape index (κ2) is 3.28. The standard InChI is InChI=1S/C11H13ClN2/c1-7(2)14-10-5-4-8(3)6-9(10)13-11(14)12/h4-7H,1-3H3. The van der Waals surface area contributed by atoms with Crippen molar-refractivity contribution in [3.05, 3.63) is 29.0 Å². The first-order chi connectivity index (χ1) is 6.59. The Morgan fingerprint density at radius 3 is 2.71 bits per heavy atom. The molecule has 1 heterocycles. The second-order valence-electron chi connectivity index (χ2n) is 3.84. The number of benzene rings is 1. The van der Waals surface area contributed by atoms with Gasteiger partial charge in [0.05, 0.1) is 11.0 Å². The number of aryl methyl sites for hydroxylation is 1. The molecule has 0 saturated heterocycles. The van der Waals surface area contributed by atoms with E-state index in [2.05, 4.69) is 44.0 Å². The zero-order valence-electron chi connectivity index (χ0n) is 8.58. The van der Waals surface area contributed by atoms with Crippen molar-refractivity contribution in [3.8, 4) is 0 Å². The molecule has 1 aromatic carbocycles. The Labute approximate surface area is 88.5 Å². The molecule has 0 bridgehead atoms. The van der Waals surface area contributed by atoms with Crippen molar-refractivity contribution >= 4 is 22.6 Å². The molecule has 0 unspecified atom stereocenters. The summed E-state index contributed by atoms with van der Waals surface area (Å²) in [5, 5.41) is 0.570. The zero-order valence-corrected chi connectivity index (χ0v) is 9.34. The average molecular weight is 209 g/mol. The number of hydrogen-bond donors (Lipinski definition) is 0. The van der Waals surface area contributed by atoms with Crippen LogP contribution >= 0.6 is 11.6 Å². The van der Waals surface area contributed by atoms with Gasteiger partial charge in [-0.15, -0.1) is 0 Å². The van der Waals surface area contributed by atoms with Crippen LogP contribution in [0.1, 0.15) is 25.5 Å². The molecule has 0 aliphatic carbocycles. The van der Waals surface area contributed by atoms with Gasteiger partial charge in [0.25, 0.3) is 0 Å². The van der Waals surface area contributed by atoms with Crippen LogP contribution in [0, 0.1) is 6.92 Å². The summed E-state index contributed by atoms with van der Waals surface area (Å²) < 4.78 is 2.04. The quantitative estimate of drug-likeness (QED) is 0.701. The van der Waals surface area contributed by atoms with Crippen LogP contribution in [0.15, 0.2) is 18.2 Å². The number of hydrogen-bond acceptors (Lipinski definition) is 1. The Hall–Kier alpha value is -1.02. The smallest absolute Gasteiger partial charge is 0.204 e. The first-order valence-corrected chi connectivity index (χ1v) is 5.11. The topological polar surface area (TPSA) is 17.8 Å². The monoisotopic (exact) mass is 208 g/mol. The third kappa shape index (κ3) is 1.40. The molecule has 1 aromatic heterocycles. The normalized spacial score (nSPS) is 11.5. The number of rotatable bonds is 1. The van der Waals surface area contributed by atoms with Gasteiger partial charge in [-0.25, -0.2) is 4.98 Å². The Kier molecular flexibility index (Phi) is 2.23. The predicted octanol–water partition coefficient (Wildman–Crippen LogP) is 3.58. The Balaban J connectivity index is 2.77. The molecule has 3 heteroatoms. The van der Waals surface area contributed by atoms with Gasteiger partial charge >= 0.3 is 0 Å². The van der Waals surface area contributed by atoms with E-state index in [-0.39, 0.29) is 0 Å². The molecule has 0 N–H and O–H groups in total. The van der Waals surface area contributed by atoms with E-state index in [0.717, 1.165) is 11.0 Å². The number of nitrogens with zero attached hydrogens (tertiary/aromatic N) is 2. The lowest BCUT2D eigenvalue weighted by atomic mass is 10.2. The van der Waals surface area contributed by atoms with Crippen LogP contribution in [0.2, 0.25) is 5.28 Å². The highest BCUT2D eigenvalue weighted by atomic mass is 35.5. The summed E-state index contributed by atoms with van der Waals surface area (Å²) in [6.07, 6.45) is 0. The van der Waals surface area contributed by atoms with Crippen molar-refractivity contribution in [3.63, 3.8) is 0 Å². The first kappa shape index (κ1) is 9.53. The highest BCUT2D eigenvalue weighted by Gasteiger charge is 2.10. The number of fused-ring (bicyclic) bond motifs is 1. The molecular weight excluding hydrogens is 196 g/mol. The average Bonchev–Trinajstić information content (AvgIpc) is 2.39. The minimum absolute atomic E-state index is 0.343. The highest BCUT2D eigenvalue weighted by molar-refractivity contribution is 6.29. The molecule has 74 valence electrons. The van der Waals surface area contributed by atoms with Crippen LogP contribution in [0.25, 0.3) is 11.0 Å². The van der Waals surface area contributed by atoms with E-state index in [0.29, 0.717) is 11.3 Å². The van der Waals surface area contributed by atoms with Gasteiger partial charge in [0, 0.05) is 6.04 Å². The third-order valence-electron chi connectivity index (χ3n) is 2.32. The molecule has 0 saturated carbocycles. The Morgan fingerprint density at radius 1 is 1.36 bits per heavy atom. The minimum Gasteiger partial charge on any atom is -0.312 e. The van der Waals surface area contributed by atoms with Gasteiger partial charge in [0.1, 0.15) is 0 Å². The molecule has 0 aliphatic rings. The third-order valence-corrected chi connectivity index (χ3v) is 2.58. The number of imidazole rings is 1. The van der Waals surface area contributed by atoms with Gasteiger partial charge in [-0.05, 0) is 50.1 Å². The van der Waals surface area contributed by atoms with Crippen molar-refractivity contribution in [2.45, 2.75) is 26.8 Å². The molecule has 0 amide bonds. The molecule has 0 radical (unpaired) electrons. The molecule has 0 aliphatic heterocycles. The van der Waals surface area contributed by atoms with Gasteiger partial charge in [-0.1, -0.05) is 6.07 Å². The summed E-state index contributed by atoms with van der Waals surface area (Å²) in [4.78, 5) is 4.32. The van der Waals surface area contributed by atoms with Crippen molar-refractivity contribution in [1.82, 2.24) is 9.55 Å². The van der Waals surface area contributed by atoms with E-state index in [1.54, 1.807) is 0 Å². The predicted molar refractivity (Wildman–Crippen MR) is 59.9 cm³/mol. The van der Waals surface area contributed by atoms with E-state index < -0.39 is 0 Å². The largest absolute Gasteiger partial charge is 0.312 e. The van der Waals surface area contributed by atoms with Crippen LogP contribution in [0.4, 0.5) is 0 Å². The molecular formula is C11H13ClN2. The van der Waals surface area contributed by atoms with E-state index in [1.165, 1.54) is 5.56 Å². The number of halogens is 1. The molecule has 2 rings (SSSR count). The Morgan fingerprint density at radius 2 is 2.07 bits per heavy atom. The van der Waals surface area contributed by atoms with Crippen molar-refractivity contribution < 1.29 is 0 Å². The van der Waals surface area contributed by atoms with E-state index in [1.807, 2.05) is 4.57 Å². The Bertz CT molecular complexity index is 471. The van der Waals surface area contributed by atoms with E-state index in [4.69, 9.17) is 11.6 Å². The van der Waals surface area contributed by atoms with Crippen LogP contribution < -0.4 is 0 Å². The van der Waals surface area contributed by atoms with Crippen LogP contribution in [-0.4, -0.2) is 9.55 Å². The fourth-order valence-electron chi connectivity index (χ4n) is 1.67. The van der Waals surface area contributed by atoms with Crippen molar-refractivity contribution in [1.29, 1.82) is 0 Å². The fourth-order valence-corrected chi connectivity index (χ4v) is 2.05. The van der Waals surface area contributed by atoms with E-state index >= 15 is 0 Å². The molecule has 2 nitrogen and oxygen atoms in total. The molecule has 2 aromatic rings. The lowest BCUT2D eigenvalue weighted by Gasteiger charge is -2.09. The van der Waals surface area contributed by atoms with Crippen LogP contribution in [0.3, 0.4) is 0 Å². The van der Waals surface area contributed by atoms with Gasteiger partial charge in [-0.3, -0.25) is 0 Å². The van der Waals surface area contributed by atoms with Crippen LogP contribution in [0.5, 0.6) is 0 Å². The maximum atomic E-state index is 6.07. The van der Waals surface area contributed by atoms with E-state index in [9.17, 15) is 0 Å². The van der Waals surface area contributed by atoms with Crippen molar-refractivity contribution in [2.24, 2.45) is 0 Å². The van der Waals surface area contributed by atoms with Gasteiger partial charge < -0.3 is 4.57 Å². The van der Waals surface area contributed by atoms with Crippen molar-refractivity contribution in [2.75, 3.05) is 0 Å². The SMILES string of the molecule is Cc1ccc2c(c1)nc(Cl)n2C(C)C. The maximum absolute atomic E-state index is 6.07. The molecule has 0 spiro atoms. The van der Waals surface area contributed by atoms with Gasteiger partial charge in [-0.2, -0.15) is 0 Å². The minimum atomic E-state index is 0.343. The van der Waals surface area contributed by atoms with Gasteiger partial charge in [0.2, 0.25) is 5.28 Å². The summed E-state index contributed by atoms with van der Waals surface area (Å²) in [7, 11) is 0. The molecule has 0 atom stereocenters.